The molecule has 34 heavy (non-hydrogen) atoms. The first-order valence-corrected chi connectivity index (χ1v) is 10.9. The number of carboxylic acids is 2. The molecule has 0 saturated carbocycles. The molecule has 0 spiro atoms. The molecule has 10 heteroatoms. The van der Waals surface area contributed by atoms with Crippen LogP contribution in [0, 0.1) is 0 Å². The SMILES string of the molecule is COc1cc(N)c(Cl)cc1C(=O)NC1CCN(Cc2ccccc2)CC1.O=C([O-])/C=C\C(=O)[O-]. The average Bonchev–Trinajstić information content (AvgIpc) is 2.81. The van der Waals surface area contributed by atoms with Crippen LogP contribution in [0.15, 0.2) is 54.6 Å². The molecular formula is C24H26ClN3O6-2. The van der Waals surface area contributed by atoms with E-state index in [4.69, 9.17) is 22.1 Å². The van der Waals surface area contributed by atoms with Gasteiger partial charge in [0.2, 0.25) is 0 Å². The lowest BCUT2D eigenvalue weighted by Crippen LogP contribution is -2.44. The molecule has 1 aliphatic rings. The summed E-state index contributed by atoms with van der Waals surface area (Å²) in [6.45, 7) is 2.86. The number of ether oxygens (including phenoxy) is 1. The molecule has 3 rings (SSSR count). The van der Waals surface area contributed by atoms with Crippen LogP contribution in [0.2, 0.25) is 5.02 Å². The van der Waals surface area contributed by atoms with Gasteiger partial charge >= 0.3 is 0 Å². The van der Waals surface area contributed by atoms with Crippen molar-refractivity contribution in [2.75, 3.05) is 25.9 Å². The van der Waals surface area contributed by atoms with Gasteiger partial charge in [0, 0.05) is 31.7 Å². The largest absolute Gasteiger partial charge is 0.545 e. The summed E-state index contributed by atoms with van der Waals surface area (Å²) in [5.74, 6) is -2.83. The minimum Gasteiger partial charge on any atom is -0.545 e. The Kier molecular flexibility index (Phi) is 10.4. The molecule has 0 unspecified atom stereocenters. The lowest BCUT2D eigenvalue weighted by atomic mass is 10.0. The Morgan fingerprint density at radius 3 is 2.24 bits per heavy atom. The predicted octanol–water partition coefficient (Wildman–Crippen LogP) is 0.368. The summed E-state index contributed by atoms with van der Waals surface area (Å²) in [5, 5.41) is 22.3. The number of nitrogens with two attached hydrogens (primary N) is 1. The number of anilines is 1. The Bertz CT molecular complexity index is 1000. The number of methoxy groups -OCH3 is 1. The minimum absolute atomic E-state index is 0.149. The van der Waals surface area contributed by atoms with E-state index in [9.17, 15) is 24.6 Å². The van der Waals surface area contributed by atoms with Gasteiger partial charge in [-0.05, 0) is 36.6 Å². The van der Waals surface area contributed by atoms with E-state index < -0.39 is 11.9 Å². The number of carbonyl (C=O) groups excluding carboxylic acids is 3. The molecule has 0 bridgehead atoms. The number of likely N-dealkylation sites (tertiary alicyclic amines) is 1. The van der Waals surface area contributed by atoms with Crippen molar-refractivity contribution in [3.63, 3.8) is 0 Å². The third-order valence-corrected chi connectivity index (χ3v) is 5.42. The van der Waals surface area contributed by atoms with Crippen molar-refractivity contribution in [1.82, 2.24) is 10.2 Å². The Hall–Kier alpha value is -3.56. The fourth-order valence-corrected chi connectivity index (χ4v) is 3.56. The fourth-order valence-electron chi connectivity index (χ4n) is 3.39. The number of amides is 1. The second kappa shape index (κ2) is 13.2. The number of nitrogens with one attached hydrogen (secondary N) is 1. The predicted molar refractivity (Wildman–Crippen MR) is 124 cm³/mol. The van der Waals surface area contributed by atoms with Gasteiger partial charge in [-0.1, -0.05) is 41.9 Å². The maximum atomic E-state index is 12.6. The summed E-state index contributed by atoms with van der Waals surface area (Å²) in [6.07, 6.45) is 2.61. The smallest absolute Gasteiger partial charge is 0.255 e. The van der Waals surface area contributed by atoms with Crippen LogP contribution in [-0.4, -0.2) is 49.0 Å². The summed E-state index contributed by atoms with van der Waals surface area (Å²) in [4.78, 5) is 33.9. The number of carbonyl (C=O) groups is 3. The second-order valence-electron chi connectivity index (χ2n) is 7.55. The number of hydrogen-bond acceptors (Lipinski definition) is 8. The van der Waals surface area contributed by atoms with Crippen molar-refractivity contribution in [3.05, 3.63) is 70.8 Å². The first kappa shape index (κ1) is 26.7. The number of hydrogen-bond donors (Lipinski definition) is 2. The highest BCUT2D eigenvalue weighted by molar-refractivity contribution is 6.33. The average molecular weight is 488 g/mol. The van der Waals surface area contributed by atoms with E-state index in [0.717, 1.165) is 32.5 Å². The molecule has 0 atom stereocenters. The highest BCUT2D eigenvalue weighted by Crippen LogP contribution is 2.29. The van der Waals surface area contributed by atoms with Gasteiger partial charge in [0.05, 0.1) is 35.3 Å². The summed E-state index contributed by atoms with van der Waals surface area (Å²) in [5.41, 5.74) is 7.91. The van der Waals surface area contributed by atoms with Crippen molar-refractivity contribution in [2.45, 2.75) is 25.4 Å². The fraction of sp³-hybridized carbons (Fsp3) is 0.292. The molecule has 1 aliphatic heterocycles. The molecule has 2 aromatic carbocycles. The molecule has 1 fully saturated rings. The van der Waals surface area contributed by atoms with Gasteiger partial charge in [-0.2, -0.15) is 0 Å². The Balaban J connectivity index is 0.000000440. The zero-order chi connectivity index (χ0) is 25.1. The zero-order valence-electron chi connectivity index (χ0n) is 18.7. The zero-order valence-corrected chi connectivity index (χ0v) is 19.4. The molecule has 0 aromatic heterocycles. The van der Waals surface area contributed by atoms with Crippen LogP contribution in [0.4, 0.5) is 5.69 Å². The quantitative estimate of drug-likeness (QED) is 0.420. The van der Waals surface area contributed by atoms with Crippen molar-refractivity contribution in [3.8, 4) is 5.75 Å². The van der Waals surface area contributed by atoms with Crippen molar-refractivity contribution in [1.29, 1.82) is 0 Å². The van der Waals surface area contributed by atoms with E-state index in [1.165, 1.54) is 12.7 Å². The molecule has 9 nitrogen and oxygen atoms in total. The van der Waals surface area contributed by atoms with Crippen LogP contribution in [0.1, 0.15) is 28.8 Å². The molecule has 0 radical (unpaired) electrons. The highest BCUT2D eigenvalue weighted by Gasteiger charge is 2.23. The summed E-state index contributed by atoms with van der Waals surface area (Å²) >= 11 is 6.06. The molecule has 182 valence electrons. The summed E-state index contributed by atoms with van der Waals surface area (Å²) in [6, 6.07) is 13.7. The van der Waals surface area contributed by atoms with E-state index in [0.29, 0.717) is 34.2 Å². The van der Waals surface area contributed by atoms with Crippen LogP contribution in [0.5, 0.6) is 5.75 Å². The van der Waals surface area contributed by atoms with E-state index in [2.05, 4.69) is 34.5 Å². The second-order valence-corrected chi connectivity index (χ2v) is 7.96. The van der Waals surface area contributed by atoms with Crippen LogP contribution in [0.25, 0.3) is 0 Å². The number of carboxylic acid groups (broad SMARTS) is 2. The van der Waals surface area contributed by atoms with Crippen LogP contribution in [0.3, 0.4) is 0 Å². The van der Waals surface area contributed by atoms with Crippen LogP contribution >= 0.6 is 11.6 Å². The maximum absolute atomic E-state index is 12.6. The van der Waals surface area contributed by atoms with Crippen molar-refractivity contribution >= 4 is 35.1 Å². The van der Waals surface area contributed by atoms with Crippen molar-refractivity contribution < 1.29 is 29.3 Å². The van der Waals surface area contributed by atoms with Gasteiger partial charge in [-0.3, -0.25) is 9.69 Å². The van der Waals surface area contributed by atoms with Gasteiger partial charge in [-0.25, -0.2) is 0 Å². The van der Waals surface area contributed by atoms with Crippen LogP contribution < -0.4 is 26.0 Å². The first-order valence-electron chi connectivity index (χ1n) is 10.5. The van der Waals surface area contributed by atoms with E-state index in [1.54, 1.807) is 12.1 Å². The molecular weight excluding hydrogens is 462 g/mol. The minimum atomic E-state index is -1.55. The molecule has 1 amide bonds. The van der Waals surface area contributed by atoms with Crippen LogP contribution in [-0.2, 0) is 16.1 Å². The number of piperidine rings is 1. The highest BCUT2D eigenvalue weighted by atomic mass is 35.5. The Morgan fingerprint density at radius 1 is 1.12 bits per heavy atom. The number of halogens is 1. The molecule has 3 N–H and O–H groups in total. The molecule has 0 aliphatic carbocycles. The number of nitrogens with zero attached hydrogens (tertiary/aromatic N) is 1. The topological polar surface area (TPSA) is 148 Å². The molecule has 1 heterocycles. The van der Waals surface area contributed by atoms with Crippen molar-refractivity contribution in [2.24, 2.45) is 0 Å². The first-order chi connectivity index (χ1) is 16.2. The number of nitrogen functional groups attached to an aromatic ring is 1. The third-order valence-electron chi connectivity index (χ3n) is 5.09. The molecule has 2 aromatic rings. The summed E-state index contributed by atoms with van der Waals surface area (Å²) < 4.78 is 5.27. The lowest BCUT2D eigenvalue weighted by molar-refractivity contribution is -0.301. The Labute approximate surface area is 202 Å². The monoisotopic (exact) mass is 487 g/mol. The number of aliphatic carboxylic acids is 2. The van der Waals surface area contributed by atoms with Gasteiger partial charge in [-0.15, -0.1) is 0 Å². The van der Waals surface area contributed by atoms with Gasteiger partial charge in [0.15, 0.2) is 0 Å². The van der Waals surface area contributed by atoms with Gasteiger partial charge in [0.25, 0.3) is 5.91 Å². The standard InChI is InChI=1S/C20H24ClN3O2.C4H4O4/c1-26-19-12-18(22)17(21)11-16(19)20(25)23-15-7-9-24(10-8-15)13-14-5-3-2-4-6-14;5-3(6)1-2-4(7)8/h2-6,11-12,15H,7-10,13,22H2,1H3,(H,23,25);1-2H,(H,5,6)(H,7,8)/p-2/b;2-1-. The normalized spacial score (nSPS) is 14.2. The van der Waals surface area contributed by atoms with E-state index >= 15 is 0 Å². The Morgan fingerprint density at radius 2 is 1.71 bits per heavy atom. The maximum Gasteiger partial charge on any atom is 0.255 e. The van der Waals surface area contributed by atoms with Gasteiger partial charge in [0.1, 0.15) is 5.75 Å². The van der Waals surface area contributed by atoms with E-state index in [-0.39, 0.29) is 11.9 Å². The van der Waals surface area contributed by atoms with E-state index in [1.807, 2.05) is 6.07 Å². The number of benzene rings is 2. The number of rotatable bonds is 7. The van der Waals surface area contributed by atoms with Gasteiger partial charge < -0.3 is 35.6 Å². The lowest BCUT2D eigenvalue weighted by Gasteiger charge is -2.32. The third kappa shape index (κ3) is 8.76. The molecule has 1 saturated heterocycles. The summed E-state index contributed by atoms with van der Waals surface area (Å²) in [7, 11) is 1.52.